The van der Waals surface area contributed by atoms with Crippen LogP contribution in [0.2, 0.25) is 0 Å². The topological polar surface area (TPSA) is 123 Å². The van der Waals surface area contributed by atoms with Crippen molar-refractivity contribution in [3.63, 3.8) is 0 Å². The minimum atomic E-state index is -0.760. The van der Waals surface area contributed by atoms with Crippen LogP contribution >= 0.6 is 11.3 Å². The number of amides is 3. The van der Waals surface area contributed by atoms with E-state index >= 15 is 0 Å². The van der Waals surface area contributed by atoms with Gasteiger partial charge in [-0.05, 0) is 6.07 Å². The summed E-state index contributed by atoms with van der Waals surface area (Å²) < 4.78 is 0. The average Bonchev–Trinajstić information content (AvgIpc) is 3.14. The smallest absolute Gasteiger partial charge is 0.282 e. The molecule has 122 valence electrons. The second kappa shape index (κ2) is 6.16. The Kier molecular flexibility index (Phi) is 4.04. The van der Waals surface area contributed by atoms with Crippen molar-refractivity contribution >= 4 is 39.9 Å². The van der Waals surface area contributed by atoms with Crippen LogP contribution in [0.5, 0.6) is 0 Å². The number of thiazole rings is 1. The molecule has 2 heterocycles. The lowest BCUT2D eigenvalue weighted by atomic mass is 10.1. The van der Waals surface area contributed by atoms with Crippen LogP contribution in [-0.2, 0) is 4.79 Å². The summed E-state index contributed by atoms with van der Waals surface area (Å²) in [7, 11) is 0. The Balaban J connectivity index is 1.73. The highest BCUT2D eigenvalue weighted by atomic mass is 32.1. The van der Waals surface area contributed by atoms with Gasteiger partial charge in [0.15, 0.2) is 5.13 Å². The zero-order chi connectivity index (χ0) is 17.3. The molecule has 1 aliphatic heterocycles. The molecule has 0 aliphatic carbocycles. The first-order valence-corrected chi connectivity index (χ1v) is 7.70. The van der Waals surface area contributed by atoms with E-state index in [-0.39, 0.29) is 24.1 Å². The number of fused-ring (bicyclic) bond motifs is 1. The van der Waals surface area contributed by atoms with Crippen molar-refractivity contribution in [2.45, 2.75) is 6.42 Å². The molecule has 2 aromatic rings. The number of nitrogens with one attached hydrogen (secondary N) is 1. The molecular weight excluding hydrogens is 336 g/mol. The first-order valence-electron chi connectivity index (χ1n) is 6.82. The highest BCUT2D eigenvalue weighted by molar-refractivity contribution is 7.13. The van der Waals surface area contributed by atoms with Crippen LogP contribution in [0.3, 0.4) is 0 Å². The maximum absolute atomic E-state index is 12.3. The minimum absolute atomic E-state index is 0.0190. The van der Waals surface area contributed by atoms with Crippen LogP contribution in [0.1, 0.15) is 27.1 Å². The maximum atomic E-state index is 12.3. The van der Waals surface area contributed by atoms with E-state index in [9.17, 15) is 24.5 Å². The largest absolute Gasteiger partial charge is 0.302 e. The molecule has 1 N–H and O–H groups in total. The van der Waals surface area contributed by atoms with Crippen LogP contribution < -0.4 is 5.32 Å². The van der Waals surface area contributed by atoms with Crippen molar-refractivity contribution in [3.8, 4) is 0 Å². The third-order valence-electron chi connectivity index (χ3n) is 3.41. The van der Waals surface area contributed by atoms with Gasteiger partial charge < -0.3 is 5.32 Å². The van der Waals surface area contributed by atoms with E-state index in [1.165, 1.54) is 35.7 Å². The molecule has 0 bridgehead atoms. The van der Waals surface area contributed by atoms with Crippen molar-refractivity contribution in [1.82, 2.24) is 9.88 Å². The number of imide groups is 1. The Morgan fingerprint density at radius 1 is 1.33 bits per heavy atom. The van der Waals surface area contributed by atoms with Crippen LogP contribution in [0.25, 0.3) is 0 Å². The van der Waals surface area contributed by atoms with Crippen molar-refractivity contribution in [1.29, 1.82) is 0 Å². The molecule has 3 amide bonds. The number of nitro benzene ring substituents is 1. The highest BCUT2D eigenvalue weighted by Crippen LogP contribution is 2.30. The zero-order valence-corrected chi connectivity index (χ0v) is 12.9. The number of benzene rings is 1. The molecule has 0 spiro atoms. The van der Waals surface area contributed by atoms with E-state index < -0.39 is 28.3 Å². The first kappa shape index (κ1) is 15.7. The molecule has 9 nitrogen and oxygen atoms in total. The van der Waals surface area contributed by atoms with E-state index in [1.807, 2.05) is 0 Å². The number of anilines is 1. The summed E-state index contributed by atoms with van der Waals surface area (Å²) in [4.78, 5) is 51.5. The summed E-state index contributed by atoms with van der Waals surface area (Å²) in [5.41, 5.74) is -0.664. The van der Waals surface area contributed by atoms with Gasteiger partial charge in [0.05, 0.1) is 10.5 Å². The van der Waals surface area contributed by atoms with Crippen LogP contribution in [0, 0.1) is 10.1 Å². The summed E-state index contributed by atoms with van der Waals surface area (Å²) in [6, 6.07) is 3.88. The molecular formula is C14H10N4O5S. The number of carbonyl (C=O) groups is 3. The molecule has 0 fully saturated rings. The van der Waals surface area contributed by atoms with Gasteiger partial charge in [-0.15, -0.1) is 11.3 Å². The molecule has 1 aliphatic rings. The Bertz CT molecular complexity index is 849. The number of hydrogen-bond acceptors (Lipinski definition) is 7. The van der Waals surface area contributed by atoms with Gasteiger partial charge in [-0.2, -0.15) is 0 Å². The quantitative estimate of drug-likeness (QED) is 0.499. The predicted molar refractivity (Wildman–Crippen MR) is 83.8 cm³/mol. The third kappa shape index (κ3) is 2.74. The SMILES string of the molecule is O=C(CCN1C(=O)c2cccc([N+](=O)[O-])c2C1=O)Nc1nccs1. The van der Waals surface area contributed by atoms with Gasteiger partial charge in [-0.25, -0.2) is 4.98 Å². The molecule has 0 unspecified atom stereocenters. The van der Waals surface area contributed by atoms with Crippen LogP contribution in [0.4, 0.5) is 10.8 Å². The lowest BCUT2D eigenvalue weighted by Crippen LogP contribution is -2.33. The van der Waals surface area contributed by atoms with E-state index in [4.69, 9.17) is 0 Å². The Hall–Kier alpha value is -3.14. The molecule has 0 atom stereocenters. The Morgan fingerprint density at radius 3 is 2.79 bits per heavy atom. The van der Waals surface area contributed by atoms with Gasteiger partial charge in [0.1, 0.15) is 5.56 Å². The first-order chi connectivity index (χ1) is 11.5. The fourth-order valence-corrected chi connectivity index (χ4v) is 2.90. The van der Waals surface area contributed by atoms with Gasteiger partial charge in [0.2, 0.25) is 5.91 Å². The second-order valence-corrected chi connectivity index (χ2v) is 5.75. The summed E-state index contributed by atoms with van der Waals surface area (Å²) in [5, 5.41) is 15.7. The molecule has 0 radical (unpaired) electrons. The van der Waals surface area contributed by atoms with Crippen LogP contribution in [-0.4, -0.2) is 39.1 Å². The summed E-state index contributed by atoms with van der Waals surface area (Å²) in [5.74, 6) is -1.80. The average molecular weight is 346 g/mol. The molecule has 3 rings (SSSR count). The lowest BCUT2D eigenvalue weighted by Gasteiger charge is -2.12. The Labute approximate surface area is 139 Å². The van der Waals surface area contributed by atoms with Crippen molar-refractivity contribution in [2.75, 3.05) is 11.9 Å². The van der Waals surface area contributed by atoms with E-state index in [0.717, 1.165) is 4.90 Å². The van der Waals surface area contributed by atoms with Gasteiger partial charge in [0.25, 0.3) is 17.5 Å². The monoisotopic (exact) mass is 346 g/mol. The van der Waals surface area contributed by atoms with Crippen LogP contribution in [0.15, 0.2) is 29.8 Å². The van der Waals surface area contributed by atoms with Gasteiger partial charge in [-0.1, -0.05) is 6.07 Å². The molecule has 24 heavy (non-hydrogen) atoms. The number of carbonyl (C=O) groups excluding carboxylic acids is 3. The molecule has 1 aromatic heterocycles. The van der Waals surface area contributed by atoms with E-state index in [2.05, 4.69) is 10.3 Å². The lowest BCUT2D eigenvalue weighted by molar-refractivity contribution is -0.385. The summed E-state index contributed by atoms with van der Waals surface area (Å²) >= 11 is 1.24. The number of nitro groups is 1. The second-order valence-electron chi connectivity index (χ2n) is 4.85. The number of hydrogen-bond donors (Lipinski definition) is 1. The predicted octanol–water partition coefficient (Wildman–Crippen LogP) is 1.68. The third-order valence-corrected chi connectivity index (χ3v) is 4.10. The van der Waals surface area contributed by atoms with Crippen molar-refractivity contribution < 1.29 is 19.3 Å². The molecule has 10 heteroatoms. The fourth-order valence-electron chi connectivity index (χ4n) is 2.35. The number of nitrogens with zero attached hydrogens (tertiary/aromatic N) is 3. The normalized spacial score (nSPS) is 13.1. The van der Waals surface area contributed by atoms with E-state index in [1.54, 1.807) is 5.38 Å². The zero-order valence-electron chi connectivity index (χ0n) is 12.1. The number of rotatable bonds is 5. The van der Waals surface area contributed by atoms with Gasteiger partial charge in [0, 0.05) is 30.6 Å². The van der Waals surface area contributed by atoms with Gasteiger partial charge in [-0.3, -0.25) is 29.4 Å². The molecule has 1 aromatic carbocycles. The molecule has 0 saturated carbocycles. The maximum Gasteiger partial charge on any atom is 0.282 e. The summed E-state index contributed by atoms with van der Waals surface area (Å²) in [6.45, 7) is -0.166. The van der Waals surface area contributed by atoms with Crippen molar-refractivity contribution in [3.05, 3.63) is 51.0 Å². The standard InChI is InChI=1S/C14H10N4O5S/c19-10(16-14-15-5-7-24-14)4-6-17-12(20)8-2-1-3-9(18(22)23)11(8)13(17)21/h1-3,5,7H,4,6H2,(H,15,16,19). The Morgan fingerprint density at radius 2 is 2.12 bits per heavy atom. The van der Waals surface area contributed by atoms with E-state index in [0.29, 0.717) is 5.13 Å². The minimum Gasteiger partial charge on any atom is -0.302 e. The molecule has 0 saturated heterocycles. The highest BCUT2D eigenvalue weighted by Gasteiger charge is 2.40. The van der Waals surface area contributed by atoms with Gasteiger partial charge >= 0.3 is 0 Å². The summed E-state index contributed by atoms with van der Waals surface area (Å²) in [6.07, 6.45) is 1.41. The number of aromatic nitrogens is 1. The fraction of sp³-hybridized carbons (Fsp3) is 0.143. The van der Waals surface area contributed by atoms with Crippen molar-refractivity contribution in [2.24, 2.45) is 0 Å².